The smallest absolute Gasteiger partial charge is 0.244 e. The lowest BCUT2D eigenvalue weighted by Gasteiger charge is -2.41. The van der Waals surface area contributed by atoms with Crippen molar-refractivity contribution in [1.82, 2.24) is 5.32 Å². The summed E-state index contributed by atoms with van der Waals surface area (Å²) in [6, 6.07) is 7.51. The number of benzene rings is 1. The van der Waals surface area contributed by atoms with Gasteiger partial charge in [0.2, 0.25) is 11.8 Å². The largest absolute Gasteiger partial charge is 0.323 e. The first-order valence-corrected chi connectivity index (χ1v) is 7.58. The average Bonchev–Trinajstić information content (AvgIpc) is 2.54. The van der Waals surface area contributed by atoms with Crippen LogP contribution in [0.25, 0.3) is 0 Å². The second kappa shape index (κ2) is 5.48. The summed E-state index contributed by atoms with van der Waals surface area (Å²) in [6.45, 7) is 3.91. The zero-order chi connectivity index (χ0) is 14.9. The van der Waals surface area contributed by atoms with Crippen molar-refractivity contribution in [3.8, 4) is 0 Å². The van der Waals surface area contributed by atoms with E-state index in [1.54, 1.807) is 4.90 Å². The van der Waals surface area contributed by atoms with Crippen LogP contribution in [0, 0.1) is 5.41 Å². The van der Waals surface area contributed by atoms with Crippen LogP contribution in [0.1, 0.15) is 26.2 Å². The fraction of sp³-hybridized carbons (Fsp3) is 0.500. The average molecular weight is 287 g/mol. The number of carbonyl (C=O) groups excluding carboxylic acids is 2. The van der Waals surface area contributed by atoms with Crippen molar-refractivity contribution in [2.45, 2.75) is 26.2 Å². The molecule has 2 heterocycles. The van der Waals surface area contributed by atoms with Gasteiger partial charge in [-0.15, -0.1) is 0 Å². The van der Waals surface area contributed by atoms with Crippen LogP contribution in [-0.4, -0.2) is 31.4 Å². The summed E-state index contributed by atoms with van der Waals surface area (Å²) in [4.78, 5) is 26.7. The molecule has 2 aliphatic rings. The summed E-state index contributed by atoms with van der Waals surface area (Å²) in [5.41, 5.74) is 1.20. The molecule has 0 saturated carbocycles. The fourth-order valence-corrected chi connectivity index (χ4v) is 3.32. The van der Waals surface area contributed by atoms with E-state index < -0.39 is 0 Å². The number of rotatable bonds is 2. The monoisotopic (exact) mass is 287 g/mol. The van der Waals surface area contributed by atoms with E-state index in [1.165, 1.54) is 0 Å². The Morgan fingerprint density at radius 2 is 2.00 bits per heavy atom. The summed E-state index contributed by atoms with van der Waals surface area (Å²) in [5, 5.41) is 6.14. The third-order valence-electron chi connectivity index (χ3n) is 4.71. The fourth-order valence-electron chi connectivity index (χ4n) is 3.32. The molecule has 2 amide bonds. The predicted octanol–water partition coefficient (Wildman–Crippen LogP) is 1.75. The van der Waals surface area contributed by atoms with Gasteiger partial charge in [0.25, 0.3) is 0 Å². The summed E-state index contributed by atoms with van der Waals surface area (Å²) in [6.07, 6.45) is 2.49. The molecule has 1 aromatic rings. The number of fused-ring (bicyclic) bond motifs is 1. The topological polar surface area (TPSA) is 61.4 Å². The van der Waals surface area contributed by atoms with Crippen LogP contribution in [0.3, 0.4) is 0 Å². The van der Waals surface area contributed by atoms with Gasteiger partial charge in [-0.2, -0.15) is 0 Å². The number of para-hydroxylation sites is 2. The molecule has 1 fully saturated rings. The maximum atomic E-state index is 13.1. The van der Waals surface area contributed by atoms with Crippen LogP contribution in [0.5, 0.6) is 0 Å². The quantitative estimate of drug-likeness (QED) is 0.871. The molecule has 0 atom stereocenters. The zero-order valence-corrected chi connectivity index (χ0v) is 12.3. The molecule has 112 valence electrons. The number of nitrogens with zero attached hydrogens (tertiary/aromatic N) is 1. The molecule has 1 aromatic carbocycles. The van der Waals surface area contributed by atoms with E-state index in [4.69, 9.17) is 0 Å². The molecule has 0 aromatic heterocycles. The minimum absolute atomic E-state index is 0.0915. The van der Waals surface area contributed by atoms with Crippen molar-refractivity contribution >= 4 is 23.2 Å². The van der Waals surface area contributed by atoms with Gasteiger partial charge in [-0.3, -0.25) is 9.59 Å². The molecule has 0 aliphatic carbocycles. The molecule has 21 heavy (non-hydrogen) atoms. The molecule has 5 heteroatoms. The Bertz CT molecular complexity index is 564. The highest BCUT2D eigenvalue weighted by molar-refractivity contribution is 6.11. The van der Waals surface area contributed by atoms with Crippen LogP contribution in [0.2, 0.25) is 0 Å². The van der Waals surface area contributed by atoms with Gasteiger partial charge in [-0.05, 0) is 44.5 Å². The molecule has 2 N–H and O–H groups in total. The zero-order valence-electron chi connectivity index (χ0n) is 12.3. The number of hydrogen-bond donors (Lipinski definition) is 2. The van der Waals surface area contributed by atoms with Gasteiger partial charge in [0, 0.05) is 0 Å². The third kappa shape index (κ3) is 2.42. The summed E-state index contributed by atoms with van der Waals surface area (Å²) in [5.74, 6) is -0.0314. The standard InChI is InChI=1S/C16H21N3O2/c1-2-16(7-9-17-10-8-16)15(21)19-11-14(20)18-12-5-3-4-6-13(12)19/h3-6,17H,2,7-11H2,1H3,(H,18,20). The molecule has 5 nitrogen and oxygen atoms in total. The first kappa shape index (κ1) is 14.1. The summed E-state index contributed by atoms with van der Waals surface area (Å²) < 4.78 is 0. The Morgan fingerprint density at radius 3 is 2.71 bits per heavy atom. The minimum Gasteiger partial charge on any atom is -0.323 e. The van der Waals surface area contributed by atoms with Gasteiger partial charge in [0.1, 0.15) is 6.54 Å². The first-order valence-electron chi connectivity index (χ1n) is 7.58. The van der Waals surface area contributed by atoms with Gasteiger partial charge in [-0.25, -0.2) is 0 Å². The second-order valence-corrected chi connectivity index (χ2v) is 5.84. The SMILES string of the molecule is CCC1(C(=O)N2CC(=O)Nc3ccccc32)CCNCC1. The molecular formula is C16H21N3O2. The molecular weight excluding hydrogens is 266 g/mol. The second-order valence-electron chi connectivity index (χ2n) is 5.84. The molecule has 0 unspecified atom stereocenters. The Balaban J connectivity index is 1.95. The number of anilines is 2. The Hall–Kier alpha value is -1.88. The van der Waals surface area contributed by atoms with Crippen molar-refractivity contribution in [3.63, 3.8) is 0 Å². The highest BCUT2D eigenvalue weighted by atomic mass is 16.2. The van der Waals surface area contributed by atoms with Crippen LogP contribution >= 0.6 is 0 Å². The van der Waals surface area contributed by atoms with Gasteiger partial charge >= 0.3 is 0 Å². The summed E-state index contributed by atoms with van der Waals surface area (Å²) >= 11 is 0. The summed E-state index contributed by atoms with van der Waals surface area (Å²) in [7, 11) is 0. The number of amides is 2. The van der Waals surface area contributed by atoms with Gasteiger partial charge in [0.15, 0.2) is 0 Å². The minimum atomic E-state index is -0.337. The van der Waals surface area contributed by atoms with Crippen molar-refractivity contribution in [2.24, 2.45) is 5.41 Å². The normalized spacial score (nSPS) is 20.6. The van der Waals surface area contributed by atoms with E-state index in [0.717, 1.165) is 43.7 Å². The van der Waals surface area contributed by atoms with Crippen LogP contribution in [-0.2, 0) is 9.59 Å². The van der Waals surface area contributed by atoms with Crippen molar-refractivity contribution in [3.05, 3.63) is 24.3 Å². The third-order valence-corrected chi connectivity index (χ3v) is 4.71. The molecule has 0 spiro atoms. The highest BCUT2D eigenvalue weighted by Gasteiger charge is 2.42. The lowest BCUT2D eigenvalue weighted by Crippen LogP contribution is -2.52. The maximum Gasteiger partial charge on any atom is 0.244 e. The molecule has 1 saturated heterocycles. The molecule has 0 radical (unpaired) electrons. The Labute approximate surface area is 124 Å². The van der Waals surface area contributed by atoms with Crippen molar-refractivity contribution in [1.29, 1.82) is 0 Å². The lowest BCUT2D eigenvalue weighted by atomic mass is 9.75. The lowest BCUT2D eigenvalue weighted by molar-refractivity contribution is -0.131. The molecule has 0 bridgehead atoms. The first-order chi connectivity index (χ1) is 10.2. The predicted molar refractivity (Wildman–Crippen MR) is 82.3 cm³/mol. The van der Waals surface area contributed by atoms with Gasteiger partial charge < -0.3 is 15.5 Å². The van der Waals surface area contributed by atoms with Gasteiger partial charge in [-0.1, -0.05) is 19.1 Å². The van der Waals surface area contributed by atoms with E-state index in [-0.39, 0.29) is 23.8 Å². The maximum absolute atomic E-state index is 13.1. The van der Waals surface area contributed by atoms with E-state index in [9.17, 15) is 9.59 Å². The van der Waals surface area contributed by atoms with Crippen molar-refractivity contribution in [2.75, 3.05) is 29.9 Å². The number of piperidine rings is 1. The van der Waals surface area contributed by atoms with E-state index in [2.05, 4.69) is 17.6 Å². The van der Waals surface area contributed by atoms with Crippen LogP contribution < -0.4 is 15.5 Å². The van der Waals surface area contributed by atoms with E-state index in [1.807, 2.05) is 24.3 Å². The Kier molecular flexibility index (Phi) is 3.68. The van der Waals surface area contributed by atoms with E-state index >= 15 is 0 Å². The Morgan fingerprint density at radius 1 is 1.29 bits per heavy atom. The van der Waals surface area contributed by atoms with Crippen molar-refractivity contribution < 1.29 is 9.59 Å². The molecule has 2 aliphatic heterocycles. The van der Waals surface area contributed by atoms with Crippen LogP contribution in [0.4, 0.5) is 11.4 Å². The van der Waals surface area contributed by atoms with Gasteiger partial charge in [0.05, 0.1) is 16.8 Å². The molecule has 3 rings (SSSR count). The highest BCUT2D eigenvalue weighted by Crippen LogP contribution is 2.38. The van der Waals surface area contributed by atoms with Crippen LogP contribution in [0.15, 0.2) is 24.3 Å². The number of carbonyl (C=O) groups is 2. The van der Waals surface area contributed by atoms with E-state index in [0.29, 0.717) is 0 Å². The number of hydrogen-bond acceptors (Lipinski definition) is 3. The number of nitrogens with one attached hydrogen (secondary N) is 2.